The molecular weight excluding hydrogens is 135 g/mol. The van der Waals surface area contributed by atoms with Crippen molar-refractivity contribution < 1.29 is 0 Å². The van der Waals surface area contributed by atoms with E-state index in [4.69, 9.17) is 0 Å². The molecule has 0 bridgehead atoms. The van der Waals surface area contributed by atoms with Crippen LogP contribution in [0.2, 0.25) is 10.6 Å². The first-order valence-electron chi connectivity index (χ1n) is 3.94. The van der Waals surface area contributed by atoms with Crippen molar-refractivity contribution in [3.05, 3.63) is 0 Å². The van der Waals surface area contributed by atoms with Gasteiger partial charge in [-0.3, -0.25) is 0 Å². The van der Waals surface area contributed by atoms with Crippen LogP contribution in [0.3, 0.4) is 0 Å². The van der Waals surface area contributed by atoms with E-state index in [9.17, 15) is 0 Å². The molecule has 0 rings (SSSR count). The first kappa shape index (κ1) is 13.1. The van der Waals surface area contributed by atoms with E-state index in [1.807, 2.05) is 0 Å². The summed E-state index contributed by atoms with van der Waals surface area (Å²) in [6, 6.07) is 0. The van der Waals surface area contributed by atoms with Crippen LogP contribution in [0.15, 0.2) is 0 Å². The van der Waals surface area contributed by atoms with Crippen molar-refractivity contribution in [3.63, 3.8) is 0 Å². The van der Waals surface area contributed by atoms with Crippen molar-refractivity contribution in [2.24, 2.45) is 11.8 Å². The summed E-state index contributed by atoms with van der Waals surface area (Å²) in [6.07, 6.45) is 0. The number of hydrogen-bond acceptors (Lipinski definition) is 0. The summed E-state index contributed by atoms with van der Waals surface area (Å²) in [7, 11) is 0. The van der Waals surface area contributed by atoms with E-state index in [-0.39, 0.29) is 7.43 Å². The molecule has 0 spiro atoms. The fourth-order valence-corrected chi connectivity index (χ4v) is 2.29. The Labute approximate surface area is 73.1 Å². The van der Waals surface area contributed by atoms with Gasteiger partial charge in [-0.2, -0.15) is 0 Å². The summed E-state index contributed by atoms with van der Waals surface area (Å²) in [5.74, 6) is 1.86. The minimum absolute atomic E-state index is 0. The molecule has 0 aliphatic carbocycles. The Kier molecular flexibility index (Phi) is 10.0. The highest BCUT2D eigenvalue weighted by atomic mass is 27.1. The van der Waals surface area contributed by atoms with Crippen LogP contribution in [0.1, 0.15) is 35.1 Å². The van der Waals surface area contributed by atoms with E-state index in [2.05, 4.69) is 27.7 Å². The smallest absolute Gasteiger partial charge is 0.102 e. The van der Waals surface area contributed by atoms with Crippen LogP contribution in [0.25, 0.3) is 0 Å². The highest BCUT2D eigenvalue weighted by Crippen LogP contribution is 2.05. The normalized spacial score (nSPS) is 9.80. The van der Waals surface area contributed by atoms with Gasteiger partial charge in [0.1, 0.15) is 0 Å². The Balaban J connectivity index is 0. The molecule has 0 aromatic rings. The van der Waals surface area contributed by atoms with Gasteiger partial charge in [-0.25, -0.2) is 0 Å². The highest BCUT2D eigenvalue weighted by Gasteiger charge is 1.98. The monoisotopic (exact) mass is 157 g/mol. The van der Waals surface area contributed by atoms with Gasteiger partial charge in [-0.05, 0) is 0 Å². The van der Waals surface area contributed by atoms with Gasteiger partial charge < -0.3 is 0 Å². The fraction of sp³-hybridized carbons (Fsp3) is 1.00. The van der Waals surface area contributed by atoms with Crippen molar-refractivity contribution in [2.45, 2.75) is 45.7 Å². The molecule has 0 N–H and O–H groups in total. The topological polar surface area (TPSA) is 0 Å². The minimum atomic E-state index is 0. The second-order valence-corrected chi connectivity index (χ2v) is 5.07. The lowest BCUT2D eigenvalue weighted by atomic mass is 10.3. The van der Waals surface area contributed by atoms with Gasteiger partial charge in [-0.15, -0.1) is 10.6 Å². The number of rotatable bonds is 4. The summed E-state index contributed by atoms with van der Waals surface area (Å²) in [4.78, 5) is 0. The third-order valence-electron chi connectivity index (χ3n) is 1.28. The SMILES string of the molecule is C.CC(C)[CH2][Al][CH2]C(C)C. The zero-order chi connectivity index (χ0) is 7.28. The van der Waals surface area contributed by atoms with Crippen molar-refractivity contribution >= 4 is 15.2 Å². The molecule has 0 nitrogen and oxygen atoms in total. The highest BCUT2D eigenvalue weighted by molar-refractivity contribution is 6.35. The van der Waals surface area contributed by atoms with Gasteiger partial charge in [0.05, 0.1) is 0 Å². The molecule has 0 aromatic heterocycles. The summed E-state index contributed by atoms with van der Waals surface area (Å²) in [5.41, 5.74) is 0. The first-order valence-corrected chi connectivity index (χ1v) is 5.58. The Hall–Kier alpha value is 0.532. The van der Waals surface area contributed by atoms with Crippen LogP contribution < -0.4 is 0 Å². The molecule has 0 heterocycles. The molecule has 1 radical (unpaired) electrons. The zero-order valence-corrected chi connectivity index (χ0v) is 8.30. The second kappa shape index (κ2) is 7.64. The van der Waals surface area contributed by atoms with Gasteiger partial charge in [0.25, 0.3) is 0 Å². The molecule has 10 heavy (non-hydrogen) atoms. The van der Waals surface area contributed by atoms with Crippen molar-refractivity contribution in [1.82, 2.24) is 0 Å². The molecule has 0 fully saturated rings. The third-order valence-corrected chi connectivity index (χ3v) is 3.83. The molecule has 0 aromatic carbocycles. The maximum atomic E-state index is 2.31. The molecule has 0 saturated heterocycles. The summed E-state index contributed by atoms with van der Waals surface area (Å²) in [6.45, 7) is 9.25. The van der Waals surface area contributed by atoms with Crippen LogP contribution in [-0.4, -0.2) is 15.2 Å². The Bertz CT molecular complexity index is 49.7. The lowest BCUT2D eigenvalue weighted by Gasteiger charge is -2.03. The van der Waals surface area contributed by atoms with E-state index < -0.39 is 0 Å². The number of hydrogen-bond donors (Lipinski definition) is 0. The van der Waals surface area contributed by atoms with Crippen LogP contribution >= 0.6 is 0 Å². The molecule has 0 aliphatic rings. The average molecular weight is 157 g/mol. The van der Waals surface area contributed by atoms with E-state index in [0.717, 1.165) is 27.1 Å². The van der Waals surface area contributed by atoms with E-state index in [1.165, 1.54) is 10.6 Å². The van der Waals surface area contributed by atoms with Gasteiger partial charge in [0.2, 0.25) is 15.2 Å². The zero-order valence-electron chi connectivity index (χ0n) is 7.15. The standard InChI is InChI=1S/2C4H9.CH4.Al/c2*1-4(2)3;;/h2*4H,1H2,2-3H3;1H4;. The predicted molar refractivity (Wildman–Crippen MR) is 51.8 cm³/mol. The molecule has 0 atom stereocenters. The van der Waals surface area contributed by atoms with Crippen LogP contribution in [0.5, 0.6) is 0 Å². The Morgan fingerprint density at radius 1 is 0.900 bits per heavy atom. The maximum absolute atomic E-state index is 2.31. The van der Waals surface area contributed by atoms with Crippen molar-refractivity contribution in [2.75, 3.05) is 0 Å². The van der Waals surface area contributed by atoms with Crippen LogP contribution in [0.4, 0.5) is 0 Å². The molecule has 61 valence electrons. The third kappa shape index (κ3) is 11.3. The first-order chi connectivity index (χ1) is 4.13. The average Bonchev–Trinajstić information content (AvgIpc) is 1.63. The molecule has 1 heteroatoms. The molecule has 0 amide bonds. The van der Waals surface area contributed by atoms with E-state index >= 15 is 0 Å². The molecular formula is C9H22Al. The quantitative estimate of drug-likeness (QED) is 0.548. The summed E-state index contributed by atoms with van der Waals surface area (Å²) < 4.78 is 0. The minimum Gasteiger partial charge on any atom is -0.102 e. The van der Waals surface area contributed by atoms with Crippen molar-refractivity contribution in [3.8, 4) is 0 Å². The van der Waals surface area contributed by atoms with Crippen molar-refractivity contribution in [1.29, 1.82) is 0 Å². The maximum Gasteiger partial charge on any atom is 0.200 e. The molecule has 0 aliphatic heterocycles. The van der Waals surface area contributed by atoms with E-state index in [1.54, 1.807) is 0 Å². The van der Waals surface area contributed by atoms with Gasteiger partial charge in [-0.1, -0.05) is 47.0 Å². The van der Waals surface area contributed by atoms with Crippen LogP contribution in [-0.2, 0) is 0 Å². The summed E-state index contributed by atoms with van der Waals surface area (Å²) in [5, 5.41) is 2.97. The predicted octanol–water partition coefficient (Wildman–Crippen LogP) is 3.48. The lowest BCUT2D eigenvalue weighted by molar-refractivity contribution is 0.700. The van der Waals surface area contributed by atoms with E-state index in [0.29, 0.717) is 0 Å². The summed E-state index contributed by atoms with van der Waals surface area (Å²) >= 11 is 0.755. The van der Waals surface area contributed by atoms with Gasteiger partial charge in [0, 0.05) is 0 Å². The Morgan fingerprint density at radius 3 is 1.40 bits per heavy atom. The molecule has 0 saturated carbocycles. The second-order valence-electron chi connectivity index (χ2n) is 3.55. The van der Waals surface area contributed by atoms with Gasteiger partial charge in [0.15, 0.2) is 0 Å². The van der Waals surface area contributed by atoms with Crippen LogP contribution in [0, 0.1) is 11.8 Å². The lowest BCUT2D eigenvalue weighted by Crippen LogP contribution is -1.99. The Morgan fingerprint density at radius 2 is 1.20 bits per heavy atom. The largest absolute Gasteiger partial charge is 0.200 e. The fourth-order valence-electron chi connectivity index (χ4n) is 0.763. The molecule has 0 unspecified atom stereocenters. The van der Waals surface area contributed by atoms with Gasteiger partial charge >= 0.3 is 0 Å².